The minimum atomic E-state index is -0.885. The van der Waals surface area contributed by atoms with E-state index in [0.717, 1.165) is 36.3 Å². The predicted molar refractivity (Wildman–Crippen MR) is 108 cm³/mol. The molecular weight excluding hydrogens is 336 g/mol. The molecular formula is C23H30N2O2. The van der Waals surface area contributed by atoms with Crippen LogP contribution in [0.3, 0.4) is 0 Å². The maximum atomic E-state index is 11.7. The monoisotopic (exact) mass is 366 g/mol. The van der Waals surface area contributed by atoms with Crippen LogP contribution in [0.1, 0.15) is 57.1 Å². The highest BCUT2D eigenvalue weighted by atomic mass is 16.3. The van der Waals surface area contributed by atoms with Crippen LogP contribution < -0.4 is 4.90 Å². The van der Waals surface area contributed by atoms with Gasteiger partial charge in [0.1, 0.15) is 5.82 Å². The van der Waals surface area contributed by atoms with E-state index in [1.54, 1.807) is 20.0 Å². The fourth-order valence-corrected chi connectivity index (χ4v) is 5.01. The average Bonchev–Trinajstić information content (AvgIpc) is 2.69. The van der Waals surface area contributed by atoms with E-state index in [9.17, 15) is 10.2 Å². The van der Waals surface area contributed by atoms with Crippen LogP contribution in [-0.4, -0.2) is 27.8 Å². The van der Waals surface area contributed by atoms with Crippen molar-refractivity contribution in [1.82, 2.24) is 4.98 Å². The van der Waals surface area contributed by atoms with Crippen LogP contribution in [0.5, 0.6) is 0 Å². The lowest BCUT2D eigenvalue weighted by molar-refractivity contribution is -0.0690. The normalized spacial score (nSPS) is 28.7. The van der Waals surface area contributed by atoms with Crippen molar-refractivity contribution in [3.05, 3.63) is 59.8 Å². The molecule has 1 saturated carbocycles. The van der Waals surface area contributed by atoms with E-state index >= 15 is 0 Å². The summed E-state index contributed by atoms with van der Waals surface area (Å²) in [7, 11) is 0. The van der Waals surface area contributed by atoms with Gasteiger partial charge in [-0.2, -0.15) is 0 Å². The summed E-state index contributed by atoms with van der Waals surface area (Å²) < 4.78 is 0. The Morgan fingerprint density at radius 1 is 1.11 bits per heavy atom. The predicted octanol–water partition coefficient (Wildman–Crippen LogP) is 3.97. The Kier molecular flexibility index (Phi) is 4.73. The molecule has 1 aromatic heterocycles. The molecule has 3 atom stereocenters. The van der Waals surface area contributed by atoms with Gasteiger partial charge in [0.25, 0.3) is 0 Å². The van der Waals surface area contributed by atoms with Gasteiger partial charge in [-0.25, -0.2) is 4.98 Å². The summed E-state index contributed by atoms with van der Waals surface area (Å²) in [5.74, 6) is 1.12. The van der Waals surface area contributed by atoms with Crippen molar-refractivity contribution >= 4 is 5.82 Å². The molecule has 1 aliphatic carbocycles. The van der Waals surface area contributed by atoms with Crippen molar-refractivity contribution in [2.75, 3.05) is 11.4 Å². The second kappa shape index (κ2) is 6.92. The molecule has 0 amide bonds. The molecule has 0 radical (unpaired) electrons. The van der Waals surface area contributed by atoms with Crippen LogP contribution in [0.25, 0.3) is 0 Å². The first-order chi connectivity index (χ1) is 12.9. The minimum Gasteiger partial charge on any atom is -0.386 e. The summed E-state index contributed by atoms with van der Waals surface area (Å²) in [4.78, 5) is 6.99. The molecule has 0 spiro atoms. The van der Waals surface area contributed by atoms with Gasteiger partial charge in [-0.3, -0.25) is 0 Å². The number of pyridine rings is 1. The summed E-state index contributed by atoms with van der Waals surface area (Å²) >= 11 is 0. The number of aliphatic hydroxyl groups is 2. The summed E-state index contributed by atoms with van der Waals surface area (Å²) in [6.07, 6.45) is 6.96. The molecule has 2 aromatic rings. The van der Waals surface area contributed by atoms with Gasteiger partial charge in [-0.05, 0) is 56.4 Å². The quantitative estimate of drug-likeness (QED) is 0.863. The van der Waals surface area contributed by atoms with Gasteiger partial charge in [0.05, 0.1) is 11.2 Å². The largest absolute Gasteiger partial charge is 0.386 e. The number of hydrogen-bond acceptors (Lipinski definition) is 4. The first-order valence-corrected chi connectivity index (χ1v) is 10.1. The highest BCUT2D eigenvalue weighted by molar-refractivity contribution is 5.46. The van der Waals surface area contributed by atoms with Gasteiger partial charge >= 0.3 is 0 Å². The molecule has 1 aromatic carbocycles. The van der Waals surface area contributed by atoms with E-state index in [1.807, 2.05) is 30.3 Å². The lowest BCUT2D eigenvalue weighted by atomic mass is 9.66. The van der Waals surface area contributed by atoms with Crippen molar-refractivity contribution in [2.24, 2.45) is 5.92 Å². The van der Waals surface area contributed by atoms with Crippen LogP contribution in [-0.2, 0) is 11.2 Å². The van der Waals surface area contributed by atoms with Crippen LogP contribution in [0.15, 0.2) is 48.7 Å². The molecule has 4 rings (SSSR count). The van der Waals surface area contributed by atoms with E-state index in [0.29, 0.717) is 6.42 Å². The maximum absolute atomic E-state index is 11.7. The number of anilines is 1. The van der Waals surface area contributed by atoms with Crippen molar-refractivity contribution in [3.63, 3.8) is 0 Å². The third kappa shape index (κ3) is 3.37. The van der Waals surface area contributed by atoms with Crippen molar-refractivity contribution in [3.8, 4) is 0 Å². The third-order valence-corrected chi connectivity index (χ3v) is 6.50. The zero-order chi connectivity index (χ0) is 19.1. The Hall–Kier alpha value is -1.91. The number of rotatable bonds is 3. The molecule has 1 unspecified atom stereocenters. The number of nitrogens with zero attached hydrogens (tertiary/aromatic N) is 2. The maximum Gasteiger partial charge on any atom is 0.129 e. The average molecular weight is 367 g/mol. The smallest absolute Gasteiger partial charge is 0.129 e. The molecule has 27 heavy (non-hydrogen) atoms. The number of aromatic nitrogens is 1. The fourth-order valence-electron chi connectivity index (χ4n) is 5.01. The highest BCUT2D eigenvalue weighted by Gasteiger charge is 2.49. The first kappa shape index (κ1) is 18.5. The van der Waals surface area contributed by atoms with Crippen molar-refractivity contribution in [1.29, 1.82) is 0 Å². The Morgan fingerprint density at radius 3 is 2.59 bits per heavy atom. The Bertz CT molecular complexity index is 786. The van der Waals surface area contributed by atoms with Gasteiger partial charge in [0, 0.05) is 24.7 Å². The van der Waals surface area contributed by atoms with Gasteiger partial charge in [0.2, 0.25) is 0 Å². The third-order valence-electron chi connectivity index (χ3n) is 6.50. The van der Waals surface area contributed by atoms with Crippen LogP contribution >= 0.6 is 0 Å². The zero-order valence-electron chi connectivity index (χ0n) is 16.3. The van der Waals surface area contributed by atoms with Crippen LogP contribution in [0.2, 0.25) is 0 Å². The van der Waals surface area contributed by atoms with E-state index in [2.05, 4.69) is 22.0 Å². The standard InChI is InChI=1S/C23H30N2O2/c1-22(2,26)18-12-14-24-21(16-18)25-15-13-23(27,17-8-4-3-5-9-17)19-10-6-7-11-20(19)25/h3-5,8-9,12,14,16,19-20,26-27H,6-7,10-11,13,15H2,1-2H3/t19-,20?,23-/m1/s1. The van der Waals surface area contributed by atoms with Gasteiger partial charge in [0.15, 0.2) is 0 Å². The zero-order valence-corrected chi connectivity index (χ0v) is 16.3. The second-order valence-electron chi connectivity index (χ2n) is 8.65. The molecule has 4 nitrogen and oxygen atoms in total. The SMILES string of the molecule is CC(C)(O)c1ccnc(N2CC[C@@](O)(c3ccccc3)[C@@H]3CCCCC32)c1. The lowest BCUT2D eigenvalue weighted by Gasteiger charge is -2.53. The molecule has 2 N–H and O–H groups in total. The summed E-state index contributed by atoms with van der Waals surface area (Å²) in [5, 5.41) is 22.1. The Labute approximate surface area is 161 Å². The molecule has 2 aliphatic rings. The van der Waals surface area contributed by atoms with Gasteiger partial charge in [-0.15, -0.1) is 0 Å². The molecule has 1 saturated heterocycles. The molecule has 2 fully saturated rings. The number of piperidine rings is 1. The van der Waals surface area contributed by atoms with E-state index < -0.39 is 11.2 Å². The lowest BCUT2D eigenvalue weighted by Crippen LogP contribution is -2.57. The van der Waals surface area contributed by atoms with Gasteiger partial charge < -0.3 is 15.1 Å². The number of benzene rings is 1. The van der Waals surface area contributed by atoms with Crippen LogP contribution in [0, 0.1) is 5.92 Å². The molecule has 0 bridgehead atoms. The second-order valence-corrected chi connectivity index (χ2v) is 8.65. The minimum absolute atomic E-state index is 0.204. The number of fused-ring (bicyclic) bond motifs is 1. The summed E-state index contributed by atoms with van der Waals surface area (Å²) in [6, 6.07) is 14.3. The molecule has 144 valence electrons. The number of hydrogen-bond donors (Lipinski definition) is 2. The Balaban J connectivity index is 1.68. The fraction of sp³-hybridized carbons (Fsp3) is 0.522. The van der Waals surface area contributed by atoms with Crippen molar-refractivity contribution in [2.45, 2.75) is 63.2 Å². The van der Waals surface area contributed by atoms with Gasteiger partial charge in [-0.1, -0.05) is 43.2 Å². The first-order valence-electron chi connectivity index (χ1n) is 10.1. The van der Waals surface area contributed by atoms with E-state index in [-0.39, 0.29) is 12.0 Å². The van der Waals surface area contributed by atoms with E-state index in [1.165, 1.54) is 12.8 Å². The van der Waals surface area contributed by atoms with Crippen LogP contribution in [0.4, 0.5) is 5.82 Å². The summed E-state index contributed by atoms with van der Waals surface area (Å²) in [6.45, 7) is 4.38. The highest BCUT2D eigenvalue weighted by Crippen LogP contribution is 2.47. The molecule has 2 heterocycles. The summed E-state index contributed by atoms with van der Waals surface area (Å²) in [5.41, 5.74) is 0.268. The topological polar surface area (TPSA) is 56.6 Å². The van der Waals surface area contributed by atoms with E-state index in [4.69, 9.17) is 0 Å². The van der Waals surface area contributed by atoms with Crippen molar-refractivity contribution < 1.29 is 10.2 Å². The molecule has 1 aliphatic heterocycles. The Morgan fingerprint density at radius 2 is 1.85 bits per heavy atom. The molecule has 4 heteroatoms.